The van der Waals surface area contributed by atoms with Crippen molar-refractivity contribution in [2.45, 2.75) is 20.1 Å². The predicted octanol–water partition coefficient (Wildman–Crippen LogP) is 4.89. The summed E-state index contributed by atoms with van der Waals surface area (Å²) in [6.45, 7) is 2.64. The van der Waals surface area contributed by atoms with Gasteiger partial charge in [0, 0.05) is 16.1 Å². The Bertz CT molecular complexity index is 1000. The maximum Gasteiger partial charge on any atom is 0.214 e. The lowest BCUT2D eigenvalue weighted by Gasteiger charge is -2.15. The van der Waals surface area contributed by atoms with Gasteiger partial charge in [-0.05, 0) is 48.5 Å². The van der Waals surface area contributed by atoms with Crippen molar-refractivity contribution >= 4 is 35.4 Å². The minimum Gasteiger partial charge on any atom is -0.493 e. The van der Waals surface area contributed by atoms with Crippen LogP contribution in [0.15, 0.2) is 36.4 Å². The van der Waals surface area contributed by atoms with Gasteiger partial charge in [0.25, 0.3) is 0 Å². The Morgan fingerprint density at radius 2 is 2.04 bits per heavy atom. The molecule has 0 spiro atoms. The third-order valence-corrected chi connectivity index (χ3v) is 4.74. The van der Waals surface area contributed by atoms with Crippen LogP contribution in [0, 0.1) is 11.7 Å². The molecule has 0 amide bonds. The monoisotopic (exact) mass is 424 g/mol. The molecule has 142 valence electrons. The minimum absolute atomic E-state index is 0.355. The van der Waals surface area contributed by atoms with Gasteiger partial charge in [-0.15, -0.1) is 0 Å². The Balaban J connectivity index is 1.75. The highest BCUT2D eigenvalue weighted by Gasteiger charge is 2.12. The first-order valence-electron chi connectivity index (χ1n) is 8.09. The number of nitrogens with zero attached hydrogens (tertiary/aromatic N) is 2. The molecule has 0 radical (unpaired) electrons. The Kier molecular flexibility index (Phi) is 6.26. The summed E-state index contributed by atoms with van der Waals surface area (Å²) in [5, 5.41) is 7.99. The van der Waals surface area contributed by atoms with Crippen LogP contribution in [0.25, 0.3) is 0 Å². The SMILES string of the molecule is COc1cc(CNn2c(C)n[nH]c2=S)c(Cl)cc1OCc1cccc(Cl)c1. The maximum absolute atomic E-state index is 6.43. The van der Waals surface area contributed by atoms with Crippen molar-refractivity contribution in [3.05, 3.63) is 68.2 Å². The highest BCUT2D eigenvalue weighted by Crippen LogP contribution is 2.34. The fourth-order valence-corrected chi connectivity index (χ4v) is 3.17. The van der Waals surface area contributed by atoms with Gasteiger partial charge >= 0.3 is 0 Å². The second kappa shape index (κ2) is 8.65. The summed E-state index contributed by atoms with van der Waals surface area (Å²) in [7, 11) is 1.59. The fraction of sp³-hybridized carbons (Fsp3) is 0.222. The number of halogens is 2. The van der Waals surface area contributed by atoms with Gasteiger partial charge in [-0.3, -0.25) is 5.10 Å². The number of methoxy groups -OCH3 is 1. The van der Waals surface area contributed by atoms with Crippen molar-refractivity contribution in [3.8, 4) is 11.5 Å². The molecular weight excluding hydrogens is 407 g/mol. The van der Waals surface area contributed by atoms with Gasteiger partial charge in [0.1, 0.15) is 12.4 Å². The van der Waals surface area contributed by atoms with Crippen LogP contribution >= 0.6 is 35.4 Å². The summed E-state index contributed by atoms with van der Waals surface area (Å²) in [5.74, 6) is 1.87. The van der Waals surface area contributed by atoms with Crippen LogP contribution in [0.4, 0.5) is 0 Å². The van der Waals surface area contributed by atoms with E-state index in [1.165, 1.54) is 0 Å². The van der Waals surface area contributed by atoms with Gasteiger partial charge in [0.05, 0.1) is 13.7 Å². The number of nitrogens with one attached hydrogen (secondary N) is 2. The van der Waals surface area contributed by atoms with E-state index in [0.717, 1.165) is 17.0 Å². The Morgan fingerprint density at radius 3 is 2.70 bits per heavy atom. The number of aryl methyl sites for hydroxylation is 1. The lowest BCUT2D eigenvalue weighted by Crippen LogP contribution is -2.16. The van der Waals surface area contributed by atoms with Crippen molar-refractivity contribution < 1.29 is 9.47 Å². The average molecular weight is 425 g/mol. The van der Waals surface area contributed by atoms with Crippen molar-refractivity contribution in [2.75, 3.05) is 12.5 Å². The van der Waals surface area contributed by atoms with E-state index in [0.29, 0.717) is 39.5 Å². The Labute approximate surface area is 172 Å². The lowest BCUT2D eigenvalue weighted by atomic mass is 10.2. The second-order valence-corrected chi connectivity index (χ2v) is 6.99. The number of hydrogen-bond donors (Lipinski definition) is 2. The lowest BCUT2D eigenvalue weighted by molar-refractivity contribution is 0.284. The zero-order valence-electron chi connectivity index (χ0n) is 14.8. The van der Waals surface area contributed by atoms with Crippen molar-refractivity contribution in [1.29, 1.82) is 0 Å². The van der Waals surface area contributed by atoms with E-state index < -0.39 is 0 Å². The van der Waals surface area contributed by atoms with Gasteiger partial charge in [0.15, 0.2) is 11.5 Å². The molecule has 0 atom stereocenters. The van der Waals surface area contributed by atoms with E-state index >= 15 is 0 Å². The molecule has 3 aromatic rings. The topological polar surface area (TPSA) is 64.1 Å². The van der Waals surface area contributed by atoms with Crippen molar-refractivity contribution in [2.24, 2.45) is 0 Å². The van der Waals surface area contributed by atoms with Crippen LogP contribution in [0.1, 0.15) is 17.0 Å². The second-order valence-electron chi connectivity index (χ2n) is 5.76. The summed E-state index contributed by atoms with van der Waals surface area (Å²) >= 11 is 17.6. The predicted molar refractivity (Wildman–Crippen MR) is 109 cm³/mol. The van der Waals surface area contributed by atoms with Gasteiger partial charge < -0.3 is 14.9 Å². The number of hydrogen-bond acceptors (Lipinski definition) is 5. The molecule has 0 aliphatic rings. The van der Waals surface area contributed by atoms with Crippen LogP contribution in [0.5, 0.6) is 11.5 Å². The molecule has 3 rings (SSSR count). The van der Waals surface area contributed by atoms with Crippen LogP contribution in [0.2, 0.25) is 10.0 Å². The third-order valence-electron chi connectivity index (χ3n) is 3.88. The number of aromatic nitrogens is 3. The maximum atomic E-state index is 6.43. The van der Waals surface area contributed by atoms with E-state index in [9.17, 15) is 0 Å². The molecule has 0 bridgehead atoms. The number of ether oxygens (including phenoxy) is 2. The summed E-state index contributed by atoms with van der Waals surface area (Å²) in [5.41, 5.74) is 4.97. The largest absolute Gasteiger partial charge is 0.493 e. The highest BCUT2D eigenvalue weighted by atomic mass is 35.5. The van der Waals surface area contributed by atoms with Crippen LogP contribution in [-0.2, 0) is 13.2 Å². The number of H-pyrrole nitrogens is 1. The molecule has 1 heterocycles. The molecule has 27 heavy (non-hydrogen) atoms. The van der Waals surface area contributed by atoms with E-state index in [-0.39, 0.29) is 0 Å². The van der Waals surface area contributed by atoms with Crippen LogP contribution in [0.3, 0.4) is 0 Å². The van der Waals surface area contributed by atoms with Gasteiger partial charge in [-0.1, -0.05) is 35.3 Å². The molecule has 0 fully saturated rings. The van der Waals surface area contributed by atoms with E-state index in [1.807, 2.05) is 37.3 Å². The van der Waals surface area contributed by atoms with E-state index in [2.05, 4.69) is 15.6 Å². The van der Waals surface area contributed by atoms with Gasteiger partial charge in [0.2, 0.25) is 4.77 Å². The van der Waals surface area contributed by atoms with Crippen LogP contribution < -0.4 is 14.9 Å². The summed E-state index contributed by atoms with van der Waals surface area (Å²) in [6, 6.07) is 11.1. The smallest absolute Gasteiger partial charge is 0.214 e. The standard InChI is InChI=1S/C18H18Cl2N4O2S/c1-11-22-23-18(27)24(11)21-9-13-7-16(25-2)17(8-15(13)20)26-10-12-4-3-5-14(19)6-12/h3-8,21H,9-10H2,1-2H3,(H,23,27). The molecular formula is C18H18Cl2N4O2S. The van der Waals surface area contributed by atoms with Gasteiger partial charge in [-0.25, -0.2) is 4.68 Å². The summed E-state index contributed by atoms with van der Waals surface area (Å²) in [4.78, 5) is 0. The third kappa shape index (κ3) is 4.74. The zero-order chi connectivity index (χ0) is 19.4. The quantitative estimate of drug-likeness (QED) is 0.528. The first-order chi connectivity index (χ1) is 13.0. The number of benzene rings is 2. The van der Waals surface area contributed by atoms with Crippen LogP contribution in [-0.4, -0.2) is 22.0 Å². The Morgan fingerprint density at radius 1 is 1.22 bits per heavy atom. The van der Waals surface area contributed by atoms with Crippen molar-refractivity contribution in [1.82, 2.24) is 14.9 Å². The average Bonchev–Trinajstić information content (AvgIpc) is 2.97. The first-order valence-corrected chi connectivity index (χ1v) is 9.26. The first kappa shape index (κ1) is 19.5. The minimum atomic E-state index is 0.355. The molecule has 2 N–H and O–H groups in total. The Hall–Kier alpha value is -2.22. The number of rotatable bonds is 7. The molecule has 0 saturated carbocycles. The normalized spacial score (nSPS) is 10.7. The molecule has 0 unspecified atom stereocenters. The summed E-state index contributed by atoms with van der Waals surface area (Å²) in [6.07, 6.45) is 0. The molecule has 1 aromatic heterocycles. The summed E-state index contributed by atoms with van der Waals surface area (Å²) < 4.78 is 13.5. The molecule has 0 aliphatic carbocycles. The highest BCUT2D eigenvalue weighted by molar-refractivity contribution is 7.71. The zero-order valence-corrected chi connectivity index (χ0v) is 17.1. The fourth-order valence-electron chi connectivity index (χ4n) is 2.50. The molecule has 9 heteroatoms. The van der Waals surface area contributed by atoms with E-state index in [1.54, 1.807) is 17.9 Å². The molecule has 6 nitrogen and oxygen atoms in total. The number of aromatic amines is 1. The molecule has 2 aromatic carbocycles. The molecule has 0 aliphatic heterocycles. The van der Waals surface area contributed by atoms with Crippen molar-refractivity contribution in [3.63, 3.8) is 0 Å². The molecule has 0 saturated heterocycles. The van der Waals surface area contributed by atoms with Gasteiger partial charge in [-0.2, -0.15) is 5.10 Å². The van der Waals surface area contributed by atoms with E-state index in [4.69, 9.17) is 44.9 Å².